The van der Waals surface area contributed by atoms with Crippen LogP contribution in [-0.2, 0) is 14.8 Å². The highest BCUT2D eigenvalue weighted by Crippen LogP contribution is 2.44. The van der Waals surface area contributed by atoms with Crippen LogP contribution in [0.5, 0.6) is 0 Å². The van der Waals surface area contributed by atoms with Crippen molar-refractivity contribution in [3.8, 4) is 0 Å². The van der Waals surface area contributed by atoms with Crippen LogP contribution >= 0.6 is 43.2 Å². The van der Waals surface area contributed by atoms with Crippen molar-refractivity contribution in [1.82, 2.24) is 4.72 Å². The van der Waals surface area contributed by atoms with Crippen LogP contribution in [0.4, 0.5) is 0 Å². The standard InChI is InChI=1S/C11H13Br2NO4S2/c12-8-4-7(10(13)19-8)20(17,18)14-6-11(2-1-3-11)5-9(15)16/h4,14H,1-3,5-6H2,(H,15,16). The molecule has 0 atom stereocenters. The van der Waals surface area contributed by atoms with Crippen LogP contribution in [-0.4, -0.2) is 26.0 Å². The zero-order chi connectivity index (χ0) is 15.0. The van der Waals surface area contributed by atoms with E-state index in [1.165, 1.54) is 17.4 Å². The largest absolute Gasteiger partial charge is 0.481 e. The van der Waals surface area contributed by atoms with Gasteiger partial charge >= 0.3 is 5.97 Å². The predicted molar refractivity (Wildman–Crippen MR) is 83.4 cm³/mol. The molecule has 0 aliphatic heterocycles. The fraction of sp³-hybridized carbons (Fsp3) is 0.545. The Morgan fingerprint density at radius 1 is 1.45 bits per heavy atom. The smallest absolute Gasteiger partial charge is 0.303 e. The van der Waals surface area contributed by atoms with E-state index in [0.717, 1.165) is 19.3 Å². The minimum absolute atomic E-state index is 0.00399. The molecule has 112 valence electrons. The van der Waals surface area contributed by atoms with Gasteiger partial charge in [-0.25, -0.2) is 13.1 Å². The number of carbonyl (C=O) groups is 1. The SMILES string of the molecule is O=C(O)CC1(CNS(=O)(=O)c2cc(Br)sc2Br)CCC1. The summed E-state index contributed by atoms with van der Waals surface area (Å²) >= 11 is 7.74. The molecular weight excluding hydrogens is 434 g/mol. The molecule has 1 fully saturated rings. The lowest BCUT2D eigenvalue weighted by Crippen LogP contribution is -2.43. The van der Waals surface area contributed by atoms with Crippen molar-refractivity contribution < 1.29 is 18.3 Å². The van der Waals surface area contributed by atoms with Gasteiger partial charge in [-0.15, -0.1) is 11.3 Å². The predicted octanol–water partition coefficient (Wildman–Crippen LogP) is 3.20. The number of sulfonamides is 1. The van der Waals surface area contributed by atoms with Crippen LogP contribution in [0.25, 0.3) is 0 Å². The Hall–Kier alpha value is 0.0400. The number of carboxylic acid groups (broad SMARTS) is 1. The van der Waals surface area contributed by atoms with Gasteiger partial charge in [-0.3, -0.25) is 4.79 Å². The lowest BCUT2D eigenvalue weighted by Gasteiger charge is -2.40. The molecule has 0 aromatic carbocycles. The molecule has 1 aromatic heterocycles. The maximum atomic E-state index is 12.2. The first-order chi connectivity index (χ1) is 9.24. The van der Waals surface area contributed by atoms with Gasteiger partial charge < -0.3 is 5.11 Å². The Kier molecular flexibility index (Phi) is 4.95. The topological polar surface area (TPSA) is 83.5 Å². The van der Waals surface area contributed by atoms with Crippen molar-refractivity contribution in [1.29, 1.82) is 0 Å². The summed E-state index contributed by atoms with van der Waals surface area (Å²) in [6.45, 7) is 0.168. The molecular formula is C11H13Br2NO4S2. The first kappa shape index (κ1) is 16.4. The van der Waals surface area contributed by atoms with Crippen molar-refractivity contribution in [3.05, 3.63) is 13.6 Å². The third kappa shape index (κ3) is 3.62. The summed E-state index contributed by atoms with van der Waals surface area (Å²) in [6.07, 6.45) is 2.44. The van der Waals surface area contributed by atoms with Crippen LogP contribution in [0, 0.1) is 5.41 Å². The molecule has 0 unspecified atom stereocenters. The molecule has 5 nitrogen and oxygen atoms in total. The van der Waals surface area contributed by atoms with Gasteiger partial charge in [0.25, 0.3) is 0 Å². The fourth-order valence-electron chi connectivity index (χ4n) is 2.25. The number of rotatable bonds is 6. The van der Waals surface area contributed by atoms with Gasteiger partial charge in [-0.2, -0.15) is 0 Å². The molecule has 1 saturated carbocycles. The molecule has 20 heavy (non-hydrogen) atoms. The van der Waals surface area contributed by atoms with Crippen molar-refractivity contribution in [2.75, 3.05) is 6.54 Å². The Labute approximate surface area is 138 Å². The average Bonchev–Trinajstić information content (AvgIpc) is 2.62. The molecule has 0 spiro atoms. The Balaban J connectivity index is 2.09. The molecule has 2 rings (SSSR count). The molecule has 1 aromatic rings. The van der Waals surface area contributed by atoms with Crippen LogP contribution in [0.2, 0.25) is 0 Å². The molecule has 9 heteroatoms. The maximum Gasteiger partial charge on any atom is 0.303 e. The summed E-state index contributed by atoms with van der Waals surface area (Å²) < 4.78 is 28.3. The average molecular weight is 447 g/mol. The van der Waals surface area contributed by atoms with Crippen LogP contribution < -0.4 is 4.72 Å². The molecule has 0 saturated heterocycles. The quantitative estimate of drug-likeness (QED) is 0.702. The number of hydrogen-bond acceptors (Lipinski definition) is 4. The Bertz CT molecular complexity index is 622. The Morgan fingerprint density at radius 3 is 2.50 bits per heavy atom. The summed E-state index contributed by atoms with van der Waals surface area (Å²) in [7, 11) is -3.62. The van der Waals surface area contributed by atoms with Gasteiger partial charge in [0.05, 0.1) is 14.0 Å². The first-order valence-corrected chi connectivity index (χ1v) is 9.79. The molecule has 0 radical (unpaired) electrons. The van der Waals surface area contributed by atoms with Crippen molar-refractivity contribution >= 4 is 59.2 Å². The maximum absolute atomic E-state index is 12.2. The molecule has 1 heterocycles. The fourth-order valence-corrected chi connectivity index (χ4v) is 7.21. The van der Waals surface area contributed by atoms with Gasteiger partial charge in [-0.1, -0.05) is 6.42 Å². The second-order valence-corrected chi connectivity index (χ2v) is 10.4. The zero-order valence-corrected chi connectivity index (χ0v) is 15.2. The minimum atomic E-state index is -3.62. The highest BCUT2D eigenvalue weighted by atomic mass is 79.9. The van der Waals surface area contributed by atoms with E-state index in [4.69, 9.17) is 5.11 Å². The monoisotopic (exact) mass is 445 g/mol. The van der Waals surface area contributed by atoms with Crippen molar-refractivity contribution in [2.45, 2.75) is 30.6 Å². The zero-order valence-electron chi connectivity index (χ0n) is 10.4. The molecule has 1 aliphatic carbocycles. The van der Waals surface area contributed by atoms with Crippen LogP contribution in [0.15, 0.2) is 18.5 Å². The van der Waals surface area contributed by atoms with E-state index < -0.39 is 21.4 Å². The van der Waals surface area contributed by atoms with E-state index in [0.29, 0.717) is 7.57 Å². The summed E-state index contributed by atoms with van der Waals surface area (Å²) in [5.41, 5.74) is -0.432. The number of nitrogens with one attached hydrogen (secondary N) is 1. The van der Waals surface area contributed by atoms with Crippen LogP contribution in [0.1, 0.15) is 25.7 Å². The van der Waals surface area contributed by atoms with Gasteiger partial charge in [0.2, 0.25) is 10.0 Å². The number of hydrogen-bond donors (Lipinski definition) is 2. The van der Waals surface area contributed by atoms with Gasteiger partial charge in [0.15, 0.2) is 0 Å². The van der Waals surface area contributed by atoms with Crippen molar-refractivity contribution in [3.63, 3.8) is 0 Å². The number of halogens is 2. The number of thiophene rings is 1. The van der Waals surface area contributed by atoms with Gasteiger partial charge in [-0.05, 0) is 56.2 Å². The van der Waals surface area contributed by atoms with Gasteiger partial charge in [0, 0.05) is 6.54 Å². The van der Waals surface area contributed by atoms with E-state index in [1.54, 1.807) is 0 Å². The normalized spacial score (nSPS) is 17.7. The molecule has 2 N–H and O–H groups in total. The molecule has 0 amide bonds. The molecule has 1 aliphatic rings. The summed E-state index contributed by atoms with van der Waals surface area (Å²) in [6, 6.07) is 1.53. The second-order valence-electron chi connectivity index (χ2n) is 4.94. The molecule has 0 bridgehead atoms. The first-order valence-electron chi connectivity index (χ1n) is 5.90. The van der Waals surface area contributed by atoms with E-state index >= 15 is 0 Å². The Morgan fingerprint density at radius 2 is 2.10 bits per heavy atom. The lowest BCUT2D eigenvalue weighted by molar-refractivity contribution is -0.141. The highest BCUT2D eigenvalue weighted by Gasteiger charge is 2.40. The van der Waals surface area contributed by atoms with E-state index in [2.05, 4.69) is 36.6 Å². The summed E-state index contributed by atoms with van der Waals surface area (Å²) in [5, 5.41) is 8.92. The van der Waals surface area contributed by atoms with Crippen molar-refractivity contribution in [2.24, 2.45) is 5.41 Å². The second kappa shape index (κ2) is 6.04. The number of aliphatic carboxylic acids is 1. The third-order valence-electron chi connectivity index (χ3n) is 3.49. The third-order valence-corrected chi connectivity index (χ3v) is 7.65. The lowest BCUT2D eigenvalue weighted by atomic mass is 9.67. The van der Waals surface area contributed by atoms with Crippen LogP contribution in [0.3, 0.4) is 0 Å². The van der Waals surface area contributed by atoms with E-state index in [9.17, 15) is 13.2 Å². The van der Waals surface area contributed by atoms with Gasteiger partial charge in [0.1, 0.15) is 4.90 Å². The van der Waals surface area contributed by atoms with E-state index in [1.807, 2.05) is 0 Å². The summed E-state index contributed by atoms with van der Waals surface area (Å²) in [5.74, 6) is -0.886. The minimum Gasteiger partial charge on any atom is -0.481 e. The number of carboxylic acids is 1. The summed E-state index contributed by atoms with van der Waals surface area (Å²) in [4.78, 5) is 11.1. The highest BCUT2D eigenvalue weighted by molar-refractivity contribution is 9.12. The van der Waals surface area contributed by atoms with E-state index in [-0.39, 0.29) is 17.9 Å².